The van der Waals surface area contributed by atoms with Gasteiger partial charge in [-0.25, -0.2) is 4.98 Å². The molecular weight excluding hydrogens is 264 g/mol. The fourth-order valence-electron chi connectivity index (χ4n) is 2.16. The van der Waals surface area contributed by atoms with Gasteiger partial charge in [-0.15, -0.1) is 0 Å². The third kappa shape index (κ3) is 3.16. The van der Waals surface area contributed by atoms with E-state index in [9.17, 15) is 14.7 Å². The van der Waals surface area contributed by atoms with E-state index in [-0.39, 0.29) is 12.6 Å². The summed E-state index contributed by atoms with van der Waals surface area (Å²) in [4.78, 5) is 26.8. The lowest BCUT2D eigenvalue weighted by molar-refractivity contribution is -0.157. The summed E-state index contributed by atoms with van der Waals surface area (Å²) in [6.45, 7) is 1.77. The number of ether oxygens (including phenoxy) is 1. The first-order chi connectivity index (χ1) is 9.54. The van der Waals surface area contributed by atoms with Crippen molar-refractivity contribution in [3.63, 3.8) is 0 Å². The fraction of sp³-hybridized carbons (Fsp3) is 0.615. The highest BCUT2D eigenvalue weighted by atomic mass is 16.5. The van der Waals surface area contributed by atoms with E-state index in [1.54, 1.807) is 23.9 Å². The molecule has 0 amide bonds. The van der Waals surface area contributed by atoms with Gasteiger partial charge in [0, 0.05) is 18.4 Å². The number of hydrogen-bond acceptors (Lipinski definition) is 5. The largest absolute Gasteiger partial charge is 0.481 e. The zero-order chi connectivity index (χ0) is 14.7. The summed E-state index contributed by atoms with van der Waals surface area (Å²) in [5, 5.41) is 19.2. The van der Waals surface area contributed by atoms with Gasteiger partial charge in [0.2, 0.25) is 0 Å². The van der Waals surface area contributed by atoms with Crippen molar-refractivity contribution in [2.24, 2.45) is 5.92 Å². The summed E-state index contributed by atoms with van der Waals surface area (Å²) >= 11 is 0. The summed E-state index contributed by atoms with van der Waals surface area (Å²) < 4.78 is 6.65. The topological polar surface area (TPSA) is 102 Å². The number of aromatic nitrogens is 2. The number of imidazole rings is 1. The van der Waals surface area contributed by atoms with E-state index in [2.05, 4.69) is 4.98 Å². The van der Waals surface area contributed by atoms with Crippen LogP contribution in [0.2, 0.25) is 0 Å². The SMILES string of the molecule is CCOC(=O)C(CC(=O)O)C(O)c1nccn1C1CC1. The Balaban J connectivity index is 2.20. The Kier molecular flexibility index (Phi) is 4.39. The molecule has 7 nitrogen and oxygen atoms in total. The highest BCUT2D eigenvalue weighted by molar-refractivity contribution is 5.79. The van der Waals surface area contributed by atoms with Crippen LogP contribution in [0.25, 0.3) is 0 Å². The quantitative estimate of drug-likeness (QED) is 0.721. The number of carbonyl (C=O) groups excluding carboxylic acids is 1. The maximum atomic E-state index is 11.8. The molecule has 110 valence electrons. The number of aliphatic hydroxyl groups excluding tert-OH is 1. The Bertz CT molecular complexity index is 495. The second-order valence-corrected chi connectivity index (χ2v) is 4.83. The van der Waals surface area contributed by atoms with Gasteiger partial charge in [-0.3, -0.25) is 9.59 Å². The van der Waals surface area contributed by atoms with Gasteiger partial charge in [-0.05, 0) is 19.8 Å². The zero-order valence-corrected chi connectivity index (χ0v) is 11.2. The Morgan fingerprint density at radius 2 is 2.25 bits per heavy atom. The van der Waals surface area contributed by atoms with E-state index in [0.717, 1.165) is 12.8 Å². The molecule has 1 saturated carbocycles. The predicted molar refractivity (Wildman–Crippen MR) is 67.8 cm³/mol. The molecule has 1 aliphatic rings. The molecule has 1 heterocycles. The number of aliphatic carboxylic acids is 1. The van der Waals surface area contributed by atoms with E-state index in [1.807, 2.05) is 0 Å². The molecule has 0 saturated heterocycles. The molecular formula is C13H18N2O5. The maximum Gasteiger partial charge on any atom is 0.312 e. The Morgan fingerprint density at radius 3 is 2.80 bits per heavy atom. The van der Waals surface area contributed by atoms with Crippen LogP contribution in [-0.4, -0.2) is 38.3 Å². The molecule has 1 fully saturated rings. The lowest BCUT2D eigenvalue weighted by Gasteiger charge is -2.20. The third-order valence-corrected chi connectivity index (χ3v) is 3.27. The molecule has 2 N–H and O–H groups in total. The Hall–Kier alpha value is -1.89. The van der Waals surface area contributed by atoms with E-state index in [0.29, 0.717) is 5.82 Å². The van der Waals surface area contributed by atoms with E-state index in [4.69, 9.17) is 9.84 Å². The highest BCUT2D eigenvalue weighted by Gasteiger charge is 2.36. The summed E-state index contributed by atoms with van der Waals surface area (Å²) in [5.41, 5.74) is 0. The van der Waals surface area contributed by atoms with Gasteiger partial charge in [0.25, 0.3) is 0 Å². The zero-order valence-electron chi connectivity index (χ0n) is 11.2. The molecule has 0 radical (unpaired) electrons. The predicted octanol–water partition coefficient (Wildman–Crippen LogP) is 0.905. The van der Waals surface area contributed by atoms with Crippen LogP contribution in [0, 0.1) is 5.92 Å². The second-order valence-electron chi connectivity index (χ2n) is 4.83. The molecule has 0 spiro atoms. The molecule has 0 bridgehead atoms. The maximum absolute atomic E-state index is 11.8. The van der Waals surface area contributed by atoms with Crippen molar-refractivity contribution in [1.29, 1.82) is 0 Å². The van der Waals surface area contributed by atoms with E-state index in [1.165, 1.54) is 0 Å². The van der Waals surface area contributed by atoms with Crippen molar-refractivity contribution in [3.05, 3.63) is 18.2 Å². The summed E-state index contributed by atoms with van der Waals surface area (Å²) in [6.07, 6.45) is 3.51. The van der Waals surface area contributed by atoms with Crippen LogP contribution in [0.1, 0.15) is 44.2 Å². The van der Waals surface area contributed by atoms with Crippen molar-refractivity contribution in [2.45, 2.75) is 38.3 Å². The lowest BCUT2D eigenvalue weighted by atomic mass is 9.98. The second kappa shape index (κ2) is 6.04. The minimum absolute atomic E-state index is 0.138. The number of carboxylic acid groups (broad SMARTS) is 1. The van der Waals surface area contributed by atoms with Gasteiger partial charge >= 0.3 is 11.9 Å². The van der Waals surface area contributed by atoms with Gasteiger partial charge in [-0.2, -0.15) is 0 Å². The first-order valence-electron chi connectivity index (χ1n) is 6.63. The average Bonchev–Trinajstić information content (AvgIpc) is 3.12. The van der Waals surface area contributed by atoms with Crippen LogP contribution in [0.5, 0.6) is 0 Å². The van der Waals surface area contributed by atoms with Crippen molar-refractivity contribution >= 4 is 11.9 Å². The monoisotopic (exact) mass is 282 g/mol. The Morgan fingerprint density at radius 1 is 1.55 bits per heavy atom. The molecule has 20 heavy (non-hydrogen) atoms. The normalized spacial score (nSPS) is 17.5. The Labute approximate surface area is 116 Å². The molecule has 0 aromatic carbocycles. The molecule has 0 aliphatic heterocycles. The summed E-state index contributed by atoms with van der Waals surface area (Å²) in [7, 11) is 0. The van der Waals surface area contributed by atoms with Gasteiger partial charge in [0.05, 0.1) is 13.0 Å². The van der Waals surface area contributed by atoms with Gasteiger partial charge < -0.3 is 19.5 Å². The summed E-state index contributed by atoms with van der Waals surface area (Å²) in [6, 6.07) is 0.287. The molecule has 7 heteroatoms. The van der Waals surface area contributed by atoms with Crippen LogP contribution in [0.15, 0.2) is 12.4 Å². The first-order valence-corrected chi connectivity index (χ1v) is 6.63. The molecule has 2 rings (SSSR count). The lowest BCUT2D eigenvalue weighted by Crippen LogP contribution is -2.28. The summed E-state index contributed by atoms with van der Waals surface area (Å²) in [5.74, 6) is -2.70. The molecule has 1 aliphatic carbocycles. The van der Waals surface area contributed by atoms with E-state index < -0.39 is 30.4 Å². The number of rotatable bonds is 7. The molecule has 2 atom stereocenters. The number of esters is 1. The number of aliphatic hydroxyl groups is 1. The number of carboxylic acids is 1. The van der Waals surface area contributed by atoms with Crippen LogP contribution in [0.3, 0.4) is 0 Å². The van der Waals surface area contributed by atoms with Crippen LogP contribution in [0.4, 0.5) is 0 Å². The average molecular weight is 282 g/mol. The van der Waals surface area contributed by atoms with Crippen molar-refractivity contribution in [2.75, 3.05) is 6.61 Å². The molecule has 1 aromatic heterocycles. The first kappa shape index (κ1) is 14.5. The van der Waals surface area contributed by atoms with Gasteiger partial charge in [-0.1, -0.05) is 0 Å². The fourth-order valence-corrected chi connectivity index (χ4v) is 2.16. The smallest absolute Gasteiger partial charge is 0.312 e. The van der Waals surface area contributed by atoms with Gasteiger partial charge in [0.1, 0.15) is 17.8 Å². The molecule has 1 aromatic rings. The van der Waals surface area contributed by atoms with Crippen LogP contribution in [-0.2, 0) is 14.3 Å². The van der Waals surface area contributed by atoms with E-state index >= 15 is 0 Å². The van der Waals surface area contributed by atoms with Crippen molar-refractivity contribution < 1.29 is 24.5 Å². The number of hydrogen-bond donors (Lipinski definition) is 2. The standard InChI is InChI=1S/C13H18N2O5/c1-2-20-13(19)9(7-10(16)17)11(18)12-14-5-6-15(12)8-3-4-8/h5-6,8-9,11,18H,2-4,7H2,1H3,(H,16,17). The highest BCUT2D eigenvalue weighted by Crippen LogP contribution is 2.38. The number of nitrogens with zero attached hydrogens (tertiary/aromatic N) is 2. The third-order valence-electron chi connectivity index (χ3n) is 3.27. The minimum atomic E-state index is -1.28. The van der Waals surface area contributed by atoms with Crippen molar-refractivity contribution in [1.82, 2.24) is 9.55 Å². The van der Waals surface area contributed by atoms with Crippen LogP contribution >= 0.6 is 0 Å². The minimum Gasteiger partial charge on any atom is -0.481 e. The molecule has 2 unspecified atom stereocenters. The van der Waals surface area contributed by atoms with Gasteiger partial charge in [0.15, 0.2) is 0 Å². The number of carbonyl (C=O) groups is 2. The van der Waals surface area contributed by atoms with Crippen molar-refractivity contribution in [3.8, 4) is 0 Å². The van der Waals surface area contributed by atoms with Crippen LogP contribution < -0.4 is 0 Å².